The monoisotopic (exact) mass is 254 g/mol. The number of hydrogen-bond donors (Lipinski definition) is 3. The normalized spacial score (nSPS) is 31.6. The van der Waals surface area contributed by atoms with Gasteiger partial charge in [-0.1, -0.05) is 0 Å². The van der Waals surface area contributed by atoms with Crippen molar-refractivity contribution in [3.63, 3.8) is 0 Å². The number of ether oxygens (including phenoxy) is 2. The Balaban J connectivity index is 3.21. The zero-order valence-electron chi connectivity index (χ0n) is 7.95. The quantitative estimate of drug-likeness (QED) is 0.352. The molecule has 92 valence electrons. The summed E-state index contributed by atoms with van der Waals surface area (Å²) in [5.41, 5.74) is 10.2. The first-order valence-corrected chi connectivity index (χ1v) is 5.53. The zero-order valence-corrected chi connectivity index (χ0v) is 8.77. The van der Waals surface area contributed by atoms with E-state index in [0.717, 1.165) is 0 Å². The maximum Gasteiger partial charge on any atom is 0.398 e. The van der Waals surface area contributed by atoms with Gasteiger partial charge in [-0.2, -0.15) is 8.42 Å². The van der Waals surface area contributed by atoms with Crippen LogP contribution in [0.4, 0.5) is 0 Å². The van der Waals surface area contributed by atoms with Crippen LogP contribution in [0.1, 0.15) is 6.42 Å². The van der Waals surface area contributed by atoms with Gasteiger partial charge in [-0.05, 0) is 0 Å². The highest BCUT2D eigenvalue weighted by Gasteiger charge is 2.53. The minimum atomic E-state index is -5.02. The minimum Gasteiger partial charge on any atom is -0.406 e. The SMILES string of the molecule is NCC1(S(=O)(=O)O)OC(=O)CC(N)C(=O)O1. The van der Waals surface area contributed by atoms with E-state index in [4.69, 9.17) is 16.0 Å². The lowest BCUT2D eigenvalue weighted by atomic mass is 10.2. The Morgan fingerprint density at radius 3 is 2.44 bits per heavy atom. The number of cyclic esters (lactones) is 2. The molecule has 2 unspecified atom stereocenters. The standard InChI is InChI=1S/C6H10N2O7S/c7-2-6(16(11,12)13)14-4(9)1-3(8)5(10)15-6/h3H,1-2,7-8H2,(H,11,12,13). The van der Waals surface area contributed by atoms with E-state index in [0.29, 0.717) is 0 Å². The van der Waals surface area contributed by atoms with Gasteiger partial charge in [0, 0.05) is 0 Å². The van der Waals surface area contributed by atoms with Crippen molar-refractivity contribution in [1.29, 1.82) is 0 Å². The summed E-state index contributed by atoms with van der Waals surface area (Å²) < 4.78 is 39.4. The van der Waals surface area contributed by atoms with E-state index >= 15 is 0 Å². The number of esters is 2. The van der Waals surface area contributed by atoms with E-state index < -0.39 is 46.2 Å². The molecule has 0 spiro atoms. The minimum absolute atomic E-state index is 0.559. The van der Waals surface area contributed by atoms with Crippen LogP contribution in [0.3, 0.4) is 0 Å². The summed E-state index contributed by atoms with van der Waals surface area (Å²) in [6, 6.07) is -1.36. The fourth-order valence-electron chi connectivity index (χ4n) is 1.02. The molecule has 0 aliphatic carbocycles. The van der Waals surface area contributed by atoms with Crippen molar-refractivity contribution in [1.82, 2.24) is 0 Å². The van der Waals surface area contributed by atoms with E-state index in [1.54, 1.807) is 0 Å². The highest BCUT2D eigenvalue weighted by atomic mass is 32.2. The van der Waals surface area contributed by atoms with Crippen molar-refractivity contribution < 1.29 is 32.0 Å². The molecule has 1 fully saturated rings. The third-order valence-electron chi connectivity index (χ3n) is 1.86. The van der Waals surface area contributed by atoms with Crippen molar-refractivity contribution in [3.05, 3.63) is 0 Å². The molecule has 2 atom stereocenters. The Morgan fingerprint density at radius 1 is 1.44 bits per heavy atom. The van der Waals surface area contributed by atoms with Crippen molar-refractivity contribution >= 4 is 22.1 Å². The third kappa shape index (κ3) is 2.14. The van der Waals surface area contributed by atoms with Gasteiger partial charge in [-0.15, -0.1) is 0 Å². The number of rotatable bonds is 2. The average Bonchev–Trinajstić information content (AvgIpc) is 2.24. The lowest BCUT2D eigenvalue weighted by Gasteiger charge is -2.25. The van der Waals surface area contributed by atoms with Crippen LogP contribution in [0.25, 0.3) is 0 Å². The Hall–Kier alpha value is -1.23. The second-order valence-corrected chi connectivity index (χ2v) is 4.64. The predicted molar refractivity (Wildman–Crippen MR) is 48.1 cm³/mol. The lowest BCUT2D eigenvalue weighted by Crippen LogP contribution is -2.52. The molecule has 9 nitrogen and oxygen atoms in total. The van der Waals surface area contributed by atoms with Gasteiger partial charge >= 0.3 is 27.2 Å². The second-order valence-electron chi connectivity index (χ2n) is 3.07. The van der Waals surface area contributed by atoms with Crippen molar-refractivity contribution in [3.8, 4) is 0 Å². The largest absolute Gasteiger partial charge is 0.406 e. The van der Waals surface area contributed by atoms with Crippen LogP contribution in [-0.2, 0) is 29.2 Å². The van der Waals surface area contributed by atoms with Gasteiger partial charge in [0.15, 0.2) is 0 Å². The molecule has 0 aromatic heterocycles. The number of nitrogens with two attached hydrogens (primary N) is 2. The third-order valence-corrected chi connectivity index (χ3v) is 2.98. The van der Waals surface area contributed by atoms with E-state index in [2.05, 4.69) is 9.47 Å². The smallest absolute Gasteiger partial charge is 0.398 e. The molecule has 0 amide bonds. The highest BCUT2D eigenvalue weighted by Crippen LogP contribution is 2.24. The Morgan fingerprint density at radius 2 is 2.00 bits per heavy atom. The molecule has 16 heavy (non-hydrogen) atoms. The highest BCUT2D eigenvalue weighted by molar-refractivity contribution is 7.87. The molecule has 1 rings (SSSR count). The van der Waals surface area contributed by atoms with Crippen LogP contribution >= 0.6 is 0 Å². The van der Waals surface area contributed by atoms with Crippen LogP contribution in [0.15, 0.2) is 0 Å². The van der Waals surface area contributed by atoms with Gasteiger partial charge in [0.1, 0.15) is 6.04 Å². The fraction of sp³-hybridized carbons (Fsp3) is 0.667. The van der Waals surface area contributed by atoms with E-state index in [1.807, 2.05) is 0 Å². The number of hydrogen-bond acceptors (Lipinski definition) is 8. The summed E-state index contributed by atoms with van der Waals surface area (Å²) in [4.78, 5) is 22.3. The number of carbonyl (C=O) groups excluding carboxylic acids is 2. The van der Waals surface area contributed by atoms with Gasteiger partial charge in [0.25, 0.3) is 0 Å². The average molecular weight is 254 g/mol. The zero-order chi connectivity index (χ0) is 12.6. The first-order chi connectivity index (χ1) is 7.22. The van der Waals surface area contributed by atoms with Crippen molar-refractivity contribution in [2.45, 2.75) is 17.6 Å². The topological polar surface area (TPSA) is 159 Å². The maximum absolute atomic E-state index is 11.2. The molecule has 0 aromatic carbocycles. The summed E-state index contributed by atoms with van der Waals surface area (Å²) in [5, 5.41) is -2.91. The second kappa shape index (κ2) is 3.97. The molecule has 0 radical (unpaired) electrons. The van der Waals surface area contributed by atoms with Crippen LogP contribution in [0, 0.1) is 0 Å². The summed E-state index contributed by atoms with van der Waals surface area (Å²) >= 11 is 0. The fourth-order valence-corrected chi connectivity index (χ4v) is 1.62. The van der Waals surface area contributed by atoms with Gasteiger partial charge < -0.3 is 20.9 Å². The molecule has 5 N–H and O–H groups in total. The maximum atomic E-state index is 11.2. The predicted octanol–water partition coefficient (Wildman–Crippen LogP) is -2.70. The summed E-state index contributed by atoms with van der Waals surface area (Å²) in [6.07, 6.45) is -0.559. The van der Waals surface area contributed by atoms with E-state index in [1.165, 1.54) is 0 Å². The Bertz CT molecular complexity index is 419. The molecule has 0 bridgehead atoms. The first-order valence-electron chi connectivity index (χ1n) is 4.09. The molecule has 1 aliphatic heterocycles. The van der Waals surface area contributed by atoms with Crippen LogP contribution in [0.5, 0.6) is 0 Å². The van der Waals surface area contributed by atoms with Crippen molar-refractivity contribution in [2.24, 2.45) is 11.5 Å². The molecular formula is C6H10N2O7S. The van der Waals surface area contributed by atoms with Gasteiger partial charge in [-0.25, -0.2) is 0 Å². The Labute approximate surface area is 90.4 Å². The molecule has 10 heteroatoms. The van der Waals surface area contributed by atoms with Crippen LogP contribution in [-0.4, -0.2) is 42.6 Å². The van der Waals surface area contributed by atoms with E-state index in [-0.39, 0.29) is 0 Å². The Kier molecular flexibility index (Phi) is 3.19. The molecule has 1 heterocycles. The van der Waals surface area contributed by atoms with Crippen molar-refractivity contribution in [2.75, 3.05) is 6.54 Å². The van der Waals surface area contributed by atoms with Gasteiger partial charge in [0.2, 0.25) is 0 Å². The molecule has 1 aliphatic rings. The number of carbonyl (C=O) groups is 2. The molecule has 1 saturated heterocycles. The van der Waals surface area contributed by atoms with Gasteiger partial charge in [-0.3, -0.25) is 14.1 Å². The molecular weight excluding hydrogens is 244 g/mol. The van der Waals surface area contributed by atoms with E-state index in [9.17, 15) is 18.0 Å². The van der Waals surface area contributed by atoms with Gasteiger partial charge in [0.05, 0.1) is 13.0 Å². The molecule has 0 aromatic rings. The summed E-state index contributed by atoms with van der Waals surface area (Å²) in [7, 11) is -5.02. The summed E-state index contributed by atoms with van der Waals surface area (Å²) in [5.74, 6) is -2.31. The van der Waals surface area contributed by atoms with Crippen LogP contribution < -0.4 is 11.5 Å². The molecule has 0 saturated carbocycles. The summed E-state index contributed by atoms with van der Waals surface area (Å²) in [6.45, 7) is -0.934. The first kappa shape index (κ1) is 12.8. The lowest BCUT2D eigenvalue weighted by molar-refractivity contribution is -0.192. The van der Waals surface area contributed by atoms with Crippen LogP contribution in [0.2, 0.25) is 0 Å².